The van der Waals surface area contributed by atoms with E-state index in [1.54, 1.807) is 0 Å². The molecule has 5 rings (SSSR count). The smallest absolute Gasteiger partial charge is 0.291 e. The molecule has 5 nitrogen and oxygen atoms in total. The SMILES string of the molecule is Cc1cccc(-c2nc3s/c(=C\c4ccc(OCc5ccccc5)cc4)c(=O)n3n2)c1. The van der Waals surface area contributed by atoms with Crippen molar-refractivity contribution in [3.63, 3.8) is 0 Å². The number of benzene rings is 3. The topological polar surface area (TPSA) is 56.5 Å². The molecule has 31 heavy (non-hydrogen) atoms. The minimum Gasteiger partial charge on any atom is -0.489 e. The van der Waals surface area contributed by atoms with Crippen molar-refractivity contribution < 1.29 is 4.74 Å². The first-order valence-electron chi connectivity index (χ1n) is 9.91. The van der Waals surface area contributed by atoms with Gasteiger partial charge in [0.05, 0.1) is 4.53 Å². The van der Waals surface area contributed by atoms with E-state index in [9.17, 15) is 4.79 Å². The number of thiazole rings is 1. The average Bonchev–Trinajstić information content (AvgIpc) is 3.33. The molecule has 0 atom stereocenters. The molecule has 0 aliphatic carbocycles. The summed E-state index contributed by atoms with van der Waals surface area (Å²) < 4.78 is 7.80. The van der Waals surface area contributed by atoms with Crippen molar-refractivity contribution in [1.82, 2.24) is 14.6 Å². The summed E-state index contributed by atoms with van der Waals surface area (Å²) in [5.74, 6) is 1.35. The minimum absolute atomic E-state index is 0.157. The van der Waals surface area contributed by atoms with Crippen molar-refractivity contribution in [2.24, 2.45) is 0 Å². The second-order valence-corrected chi connectivity index (χ2v) is 8.27. The van der Waals surface area contributed by atoms with Gasteiger partial charge in [0, 0.05) is 5.56 Å². The van der Waals surface area contributed by atoms with E-state index in [0.717, 1.165) is 28.0 Å². The first-order valence-corrected chi connectivity index (χ1v) is 10.7. The van der Waals surface area contributed by atoms with Gasteiger partial charge in [0.25, 0.3) is 5.56 Å². The van der Waals surface area contributed by atoms with Crippen molar-refractivity contribution >= 4 is 22.4 Å². The van der Waals surface area contributed by atoms with Gasteiger partial charge in [-0.1, -0.05) is 77.6 Å². The van der Waals surface area contributed by atoms with Crippen molar-refractivity contribution in [2.75, 3.05) is 0 Å². The number of hydrogen-bond acceptors (Lipinski definition) is 5. The highest BCUT2D eigenvalue weighted by atomic mass is 32.1. The monoisotopic (exact) mass is 425 g/mol. The van der Waals surface area contributed by atoms with Gasteiger partial charge < -0.3 is 4.74 Å². The van der Waals surface area contributed by atoms with Crippen LogP contribution >= 0.6 is 11.3 Å². The minimum atomic E-state index is -0.157. The van der Waals surface area contributed by atoms with Crippen LogP contribution in [0.3, 0.4) is 0 Å². The van der Waals surface area contributed by atoms with Crippen LogP contribution in [-0.2, 0) is 6.61 Å². The van der Waals surface area contributed by atoms with E-state index in [1.807, 2.05) is 91.9 Å². The molecular formula is C25H19N3O2S. The molecule has 2 heterocycles. The van der Waals surface area contributed by atoms with Crippen LogP contribution in [0, 0.1) is 6.92 Å². The van der Waals surface area contributed by atoms with Crippen molar-refractivity contribution in [2.45, 2.75) is 13.5 Å². The number of rotatable bonds is 5. The zero-order valence-corrected chi connectivity index (χ0v) is 17.7. The van der Waals surface area contributed by atoms with Crippen LogP contribution in [0.15, 0.2) is 83.7 Å². The third-order valence-electron chi connectivity index (χ3n) is 4.88. The first-order chi connectivity index (χ1) is 15.2. The second kappa shape index (κ2) is 8.16. The standard InChI is InChI=1S/C25H19N3O2S/c1-17-6-5-9-20(14-17)23-26-25-28(27-23)24(29)22(31-25)15-18-10-12-21(13-11-18)30-16-19-7-3-2-4-8-19/h2-15H,16H2,1H3/b22-15-. The third kappa shape index (κ3) is 4.11. The molecule has 0 N–H and O–H groups in total. The molecule has 0 aliphatic heterocycles. The van der Waals surface area contributed by atoms with Gasteiger partial charge in [0.15, 0.2) is 5.82 Å². The van der Waals surface area contributed by atoms with Crippen LogP contribution < -0.4 is 14.8 Å². The fraction of sp³-hybridized carbons (Fsp3) is 0.0800. The Bertz CT molecular complexity index is 1450. The molecule has 0 amide bonds. The van der Waals surface area contributed by atoms with Crippen LogP contribution in [0.2, 0.25) is 0 Å². The number of hydrogen-bond donors (Lipinski definition) is 0. The predicted molar refractivity (Wildman–Crippen MR) is 123 cm³/mol. The van der Waals surface area contributed by atoms with Gasteiger partial charge in [0.2, 0.25) is 4.96 Å². The summed E-state index contributed by atoms with van der Waals surface area (Å²) in [7, 11) is 0. The highest BCUT2D eigenvalue weighted by Crippen LogP contribution is 2.18. The van der Waals surface area contributed by atoms with Gasteiger partial charge in [-0.3, -0.25) is 4.79 Å². The summed E-state index contributed by atoms with van der Waals surface area (Å²) in [4.78, 5) is 17.9. The molecule has 0 unspecified atom stereocenters. The maximum atomic E-state index is 12.8. The van der Waals surface area contributed by atoms with Gasteiger partial charge in [-0.15, -0.1) is 5.10 Å². The number of fused-ring (bicyclic) bond motifs is 1. The Morgan fingerprint density at radius 3 is 2.55 bits per heavy atom. The number of aryl methyl sites for hydroxylation is 1. The molecule has 2 aromatic heterocycles. The van der Waals surface area contributed by atoms with Crippen LogP contribution in [0.1, 0.15) is 16.7 Å². The molecule has 0 fully saturated rings. The number of ether oxygens (including phenoxy) is 1. The van der Waals surface area contributed by atoms with Crippen LogP contribution in [0.25, 0.3) is 22.4 Å². The van der Waals surface area contributed by atoms with E-state index in [0.29, 0.717) is 21.9 Å². The molecule has 0 saturated carbocycles. The highest BCUT2D eigenvalue weighted by molar-refractivity contribution is 7.15. The lowest BCUT2D eigenvalue weighted by Crippen LogP contribution is -2.23. The Morgan fingerprint density at radius 1 is 1.00 bits per heavy atom. The zero-order chi connectivity index (χ0) is 21.2. The second-order valence-electron chi connectivity index (χ2n) is 7.26. The lowest BCUT2D eigenvalue weighted by atomic mass is 10.1. The Labute approximate surface area is 182 Å². The summed E-state index contributed by atoms with van der Waals surface area (Å²) in [6, 6.07) is 25.7. The van der Waals surface area contributed by atoms with E-state index < -0.39 is 0 Å². The van der Waals surface area contributed by atoms with E-state index in [1.165, 1.54) is 15.9 Å². The molecule has 5 aromatic rings. The van der Waals surface area contributed by atoms with E-state index in [-0.39, 0.29) is 5.56 Å². The molecule has 152 valence electrons. The third-order valence-corrected chi connectivity index (χ3v) is 5.84. The van der Waals surface area contributed by atoms with Gasteiger partial charge in [-0.05, 0) is 42.3 Å². The molecule has 0 bridgehead atoms. The van der Waals surface area contributed by atoms with Crippen LogP contribution in [0.5, 0.6) is 5.75 Å². The fourth-order valence-electron chi connectivity index (χ4n) is 3.29. The molecule has 3 aromatic carbocycles. The maximum absolute atomic E-state index is 12.8. The largest absolute Gasteiger partial charge is 0.489 e. The average molecular weight is 426 g/mol. The van der Waals surface area contributed by atoms with Crippen molar-refractivity contribution in [3.8, 4) is 17.1 Å². The highest BCUT2D eigenvalue weighted by Gasteiger charge is 2.12. The Morgan fingerprint density at radius 2 is 1.81 bits per heavy atom. The fourth-order valence-corrected chi connectivity index (χ4v) is 4.20. The van der Waals surface area contributed by atoms with Gasteiger partial charge >= 0.3 is 0 Å². The van der Waals surface area contributed by atoms with Crippen LogP contribution in [0.4, 0.5) is 0 Å². The summed E-state index contributed by atoms with van der Waals surface area (Å²) in [5.41, 5.74) is 3.92. The Kier molecular flexibility index (Phi) is 5.06. The number of nitrogens with zero attached hydrogens (tertiary/aromatic N) is 3. The molecule has 6 heteroatoms. The lowest BCUT2D eigenvalue weighted by molar-refractivity contribution is 0.306. The molecule has 0 aliphatic rings. The summed E-state index contributed by atoms with van der Waals surface area (Å²) in [5, 5.41) is 4.42. The summed E-state index contributed by atoms with van der Waals surface area (Å²) in [6.45, 7) is 2.54. The maximum Gasteiger partial charge on any atom is 0.291 e. The summed E-state index contributed by atoms with van der Waals surface area (Å²) >= 11 is 1.34. The molecule has 0 spiro atoms. The van der Waals surface area contributed by atoms with Crippen molar-refractivity contribution in [3.05, 3.63) is 110 Å². The van der Waals surface area contributed by atoms with Gasteiger partial charge in [-0.25, -0.2) is 0 Å². The normalized spacial score (nSPS) is 11.8. The Balaban J connectivity index is 1.37. The van der Waals surface area contributed by atoms with Crippen molar-refractivity contribution in [1.29, 1.82) is 0 Å². The molecule has 0 saturated heterocycles. The van der Waals surface area contributed by atoms with E-state index in [2.05, 4.69) is 10.1 Å². The first kappa shape index (κ1) is 19.2. The Hall–Kier alpha value is -3.77. The zero-order valence-electron chi connectivity index (χ0n) is 16.9. The van der Waals surface area contributed by atoms with Crippen LogP contribution in [-0.4, -0.2) is 14.6 Å². The van der Waals surface area contributed by atoms with Gasteiger partial charge in [0.1, 0.15) is 12.4 Å². The predicted octanol–water partition coefficient (Wildman–Crippen LogP) is 4.25. The molecule has 0 radical (unpaired) electrons. The van der Waals surface area contributed by atoms with E-state index >= 15 is 0 Å². The van der Waals surface area contributed by atoms with Gasteiger partial charge in [-0.2, -0.15) is 9.50 Å². The quantitative estimate of drug-likeness (QED) is 0.422. The van der Waals surface area contributed by atoms with E-state index in [4.69, 9.17) is 4.74 Å². The summed E-state index contributed by atoms with van der Waals surface area (Å²) in [6.07, 6.45) is 1.86. The lowest BCUT2D eigenvalue weighted by Gasteiger charge is -2.06. The number of aromatic nitrogens is 3. The molecular weight excluding hydrogens is 406 g/mol.